The summed E-state index contributed by atoms with van der Waals surface area (Å²) in [6.45, 7) is 1.74. The summed E-state index contributed by atoms with van der Waals surface area (Å²) in [5.74, 6) is 0.561. The first kappa shape index (κ1) is 12.5. The van der Waals surface area contributed by atoms with E-state index in [9.17, 15) is 5.11 Å². The molecule has 0 saturated heterocycles. The Morgan fingerprint density at radius 3 is 2.35 bits per heavy atom. The predicted molar refractivity (Wildman–Crippen MR) is 75.2 cm³/mol. The summed E-state index contributed by atoms with van der Waals surface area (Å²) < 4.78 is 0. The Balaban J connectivity index is 1.90. The lowest BCUT2D eigenvalue weighted by molar-refractivity contribution is 0.199. The molecule has 1 aromatic heterocycles. The Bertz CT molecular complexity index is 689. The van der Waals surface area contributed by atoms with Crippen LogP contribution in [0.4, 0.5) is 0 Å². The number of aromatic nitrogens is 4. The smallest absolute Gasteiger partial charge is 0.205 e. The molecule has 3 aromatic rings. The summed E-state index contributed by atoms with van der Waals surface area (Å²) in [5, 5.41) is 22.0. The van der Waals surface area contributed by atoms with Gasteiger partial charge in [0.1, 0.15) is 0 Å². The van der Waals surface area contributed by atoms with Crippen LogP contribution in [-0.4, -0.2) is 25.3 Å². The molecule has 1 heterocycles. The average Bonchev–Trinajstić information content (AvgIpc) is 2.98. The molecule has 0 saturated carbocycles. The molecular weight excluding hydrogens is 252 g/mol. The van der Waals surface area contributed by atoms with Crippen molar-refractivity contribution in [3.05, 3.63) is 60.2 Å². The molecule has 0 radical (unpaired) electrons. The summed E-state index contributed by atoms with van der Waals surface area (Å²) in [6, 6.07) is 17.1. The van der Waals surface area contributed by atoms with Gasteiger partial charge in [0.05, 0.1) is 11.8 Å². The van der Waals surface area contributed by atoms with E-state index in [1.807, 2.05) is 54.6 Å². The van der Waals surface area contributed by atoms with E-state index in [2.05, 4.69) is 15.4 Å². The van der Waals surface area contributed by atoms with Crippen LogP contribution >= 0.6 is 0 Å². The number of nitrogens with zero attached hydrogens (tertiary/aromatic N) is 4. The van der Waals surface area contributed by atoms with Gasteiger partial charge in [0.15, 0.2) is 0 Å². The Morgan fingerprint density at radius 2 is 1.70 bits per heavy atom. The van der Waals surface area contributed by atoms with Gasteiger partial charge in [-0.05, 0) is 29.8 Å². The predicted octanol–water partition coefficient (Wildman–Crippen LogP) is 2.38. The molecule has 5 heteroatoms. The molecule has 20 heavy (non-hydrogen) atoms. The van der Waals surface area contributed by atoms with E-state index in [1.54, 1.807) is 6.92 Å². The standard InChI is InChI=1S/C15H14N4O/c1-11(20)12-7-9-13(10-8-12)15-16-18-19(17-15)14-5-3-2-4-6-14/h2-11,20H,1H3. The zero-order chi connectivity index (χ0) is 13.9. The molecule has 1 N–H and O–H groups in total. The normalized spacial score (nSPS) is 12.3. The molecular formula is C15H14N4O. The van der Waals surface area contributed by atoms with Crippen molar-refractivity contribution < 1.29 is 5.11 Å². The van der Waals surface area contributed by atoms with Crippen molar-refractivity contribution in [3.63, 3.8) is 0 Å². The first-order chi connectivity index (χ1) is 9.74. The van der Waals surface area contributed by atoms with Crippen molar-refractivity contribution >= 4 is 0 Å². The van der Waals surface area contributed by atoms with Crippen LogP contribution in [0.25, 0.3) is 17.1 Å². The fourth-order valence-corrected chi connectivity index (χ4v) is 1.91. The van der Waals surface area contributed by atoms with E-state index in [-0.39, 0.29) is 0 Å². The zero-order valence-corrected chi connectivity index (χ0v) is 11.0. The van der Waals surface area contributed by atoms with Gasteiger partial charge in [-0.25, -0.2) is 0 Å². The number of hydrogen-bond acceptors (Lipinski definition) is 4. The van der Waals surface area contributed by atoms with Gasteiger partial charge in [-0.3, -0.25) is 0 Å². The van der Waals surface area contributed by atoms with Crippen LogP contribution in [0.15, 0.2) is 54.6 Å². The number of rotatable bonds is 3. The molecule has 0 bridgehead atoms. The fourth-order valence-electron chi connectivity index (χ4n) is 1.91. The molecule has 0 aliphatic carbocycles. The van der Waals surface area contributed by atoms with Crippen molar-refractivity contribution in [1.29, 1.82) is 0 Å². The number of tetrazole rings is 1. The second-order valence-corrected chi connectivity index (χ2v) is 4.54. The highest BCUT2D eigenvalue weighted by molar-refractivity contribution is 5.54. The number of benzene rings is 2. The maximum absolute atomic E-state index is 9.49. The van der Waals surface area contributed by atoms with Gasteiger partial charge in [-0.15, -0.1) is 15.0 Å². The van der Waals surface area contributed by atoms with Crippen molar-refractivity contribution in [3.8, 4) is 17.1 Å². The fraction of sp³-hybridized carbons (Fsp3) is 0.133. The molecule has 0 spiro atoms. The molecule has 100 valence electrons. The van der Waals surface area contributed by atoms with Crippen molar-refractivity contribution in [1.82, 2.24) is 20.2 Å². The Morgan fingerprint density at radius 1 is 1.00 bits per heavy atom. The Hall–Kier alpha value is -2.53. The van der Waals surface area contributed by atoms with Gasteiger partial charge in [0, 0.05) is 5.56 Å². The van der Waals surface area contributed by atoms with Crippen LogP contribution in [0.5, 0.6) is 0 Å². The van der Waals surface area contributed by atoms with Gasteiger partial charge in [0.25, 0.3) is 0 Å². The molecule has 2 aromatic carbocycles. The van der Waals surface area contributed by atoms with Crippen LogP contribution in [0.3, 0.4) is 0 Å². The van der Waals surface area contributed by atoms with Crippen molar-refractivity contribution in [2.75, 3.05) is 0 Å². The topological polar surface area (TPSA) is 63.8 Å². The summed E-state index contributed by atoms with van der Waals surface area (Å²) in [4.78, 5) is 1.50. The summed E-state index contributed by atoms with van der Waals surface area (Å²) in [6.07, 6.45) is -0.475. The average molecular weight is 266 g/mol. The Labute approximate surface area is 116 Å². The molecule has 1 atom stereocenters. The van der Waals surface area contributed by atoms with Crippen LogP contribution in [0, 0.1) is 0 Å². The highest BCUT2D eigenvalue weighted by atomic mass is 16.3. The van der Waals surface area contributed by atoms with Crippen molar-refractivity contribution in [2.24, 2.45) is 0 Å². The lowest BCUT2D eigenvalue weighted by Gasteiger charge is -2.03. The minimum atomic E-state index is -0.475. The molecule has 0 aliphatic rings. The maximum atomic E-state index is 9.49. The largest absolute Gasteiger partial charge is 0.389 e. The van der Waals surface area contributed by atoms with Crippen LogP contribution in [-0.2, 0) is 0 Å². The quantitative estimate of drug-likeness (QED) is 0.790. The van der Waals surface area contributed by atoms with Gasteiger partial charge >= 0.3 is 0 Å². The number of aliphatic hydroxyl groups excluding tert-OH is 1. The van der Waals surface area contributed by atoms with Crippen LogP contribution in [0.2, 0.25) is 0 Å². The summed E-state index contributed by atoms with van der Waals surface area (Å²) >= 11 is 0. The molecule has 0 aliphatic heterocycles. The number of aliphatic hydroxyl groups is 1. The van der Waals surface area contributed by atoms with E-state index in [0.717, 1.165) is 16.8 Å². The van der Waals surface area contributed by atoms with Gasteiger partial charge in [-0.2, -0.15) is 0 Å². The summed E-state index contributed by atoms with van der Waals surface area (Å²) in [7, 11) is 0. The SMILES string of the molecule is CC(O)c1ccc(-c2nnn(-c3ccccc3)n2)cc1. The van der Waals surface area contributed by atoms with E-state index in [0.29, 0.717) is 5.82 Å². The zero-order valence-electron chi connectivity index (χ0n) is 11.0. The summed E-state index contributed by atoms with van der Waals surface area (Å²) in [5.41, 5.74) is 2.60. The van der Waals surface area contributed by atoms with Crippen LogP contribution < -0.4 is 0 Å². The van der Waals surface area contributed by atoms with Crippen LogP contribution in [0.1, 0.15) is 18.6 Å². The van der Waals surface area contributed by atoms with E-state index < -0.39 is 6.10 Å². The first-order valence-electron chi connectivity index (χ1n) is 6.38. The third kappa shape index (κ3) is 2.44. The highest BCUT2D eigenvalue weighted by Gasteiger charge is 2.08. The Kier molecular flexibility index (Phi) is 3.26. The maximum Gasteiger partial charge on any atom is 0.205 e. The molecule has 0 amide bonds. The third-order valence-corrected chi connectivity index (χ3v) is 3.05. The number of para-hydroxylation sites is 1. The molecule has 3 rings (SSSR count). The minimum Gasteiger partial charge on any atom is -0.389 e. The van der Waals surface area contributed by atoms with Gasteiger partial charge < -0.3 is 5.11 Å². The molecule has 0 fully saturated rings. The first-order valence-corrected chi connectivity index (χ1v) is 6.38. The van der Waals surface area contributed by atoms with E-state index in [1.165, 1.54) is 4.80 Å². The monoisotopic (exact) mass is 266 g/mol. The van der Waals surface area contributed by atoms with Crippen molar-refractivity contribution in [2.45, 2.75) is 13.0 Å². The van der Waals surface area contributed by atoms with Gasteiger partial charge in [-0.1, -0.05) is 42.5 Å². The lowest BCUT2D eigenvalue weighted by atomic mass is 10.1. The highest BCUT2D eigenvalue weighted by Crippen LogP contribution is 2.18. The number of hydrogen-bond donors (Lipinski definition) is 1. The van der Waals surface area contributed by atoms with Gasteiger partial charge in [0.2, 0.25) is 5.82 Å². The molecule has 5 nitrogen and oxygen atoms in total. The third-order valence-electron chi connectivity index (χ3n) is 3.05. The lowest BCUT2D eigenvalue weighted by Crippen LogP contribution is -1.98. The second-order valence-electron chi connectivity index (χ2n) is 4.54. The minimum absolute atomic E-state index is 0.475. The second kappa shape index (κ2) is 5.22. The van der Waals surface area contributed by atoms with E-state index in [4.69, 9.17) is 0 Å². The van der Waals surface area contributed by atoms with E-state index >= 15 is 0 Å². The molecule has 1 unspecified atom stereocenters.